The zero-order chi connectivity index (χ0) is 19.3. The maximum absolute atomic E-state index is 11.7. The molecule has 2 fully saturated rings. The molecule has 0 radical (unpaired) electrons. The number of piperazine rings is 1. The first-order chi connectivity index (χ1) is 13.5. The Balaban J connectivity index is 1.43. The van der Waals surface area contributed by atoms with Crippen molar-refractivity contribution in [1.82, 2.24) is 24.5 Å². The highest BCUT2D eigenvalue weighted by molar-refractivity contribution is 7.88. The summed E-state index contributed by atoms with van der Waals surface area (Å²) in [7, 11) is -3.14. The first kappa shape index (κ1) is 17.6. The molecule has 1 saturated carbocycles. The van der Waals surface area contributed by atoms with Gasteiger partial charge in [0.15, 0.2) is 0 Å². The molecule has 1 saturated heterocycles. The van der Waals surface area contributed by atoms with Crippen molar-refractivity contribution in [3.8, 4) is 11.3 Å². The third-order valence-corrected chi connectivity index (χ3v) is 6.82. The third-order valence-electron chi connectivity index (χ3n) is 5.51. The number of pyridine rings is 2. The maximum atomic E-state index is 11.7. The second-order valence-electron chi connectivity index (χ2n) is 7.55. The maximum Gasteiger partial charge on any atom is 0.211 e. The van der Waals surface area contributed by atoms with E-state index in [4.69, 9.17) is 0 Å². The van der Waals surface area contributed by atoms with Crippen molar-refractivity contribution in [1.29, 1.82) is 0 Å². The third kappa shape index (κ3) is 3.24. The molecule has 28 heavy (non-hydrogen) atoms. The first-order valence-corrected chi connectivity index (χ1v) is 11.3. The van der Waals surface area contributed by atoms with Crippen LogP contribution in [0.15, 0.2) is 30.6 Å². The van der Waals surface area contributed by atoms with Gasteiger partial charge in [0.2, 0.25) is 10.0 Å². The molecule has 1 aliphatic heterocycles. The summed E-state index contributed by atoms with van der Waals surface area (Å²) in [6.07, 6.45) is 7.34. The van der Waals surface area contributed by atoms with Crippen LogP contribution in [-0.2, 0) is 10.0 Å². The Bertz CT molecular complexity index is 1130. The van der Waals surface area contributed by atoms with E-state index < -0.39 is 10.0 Å². The average Bonchev–Trinajstić information content (AvgIpc) is 3.46. The van der Waals surface area contributed by atoms with Crippen LogP contribution in [0, 0.1) is 0 Å². The van der Waals surface area contributed by atoms with E-state index in [1.807, 2.05) is 18.3 Å². The molecule has 0 aromatic carbocycles. The van der Waals surface area contributed by atoms with Gasteiger partial charge in [-0.2, -0.15) is 9.40 Å². The summed E-state index contributed by atoms with van der Waals surface area (Å²) < 4.78 is 25.0. The van der Waals surface area contributed by atoms with Gasteiger partial charge >= 0.3 is 0 Å². The number of aromatic amines is 1. The number of H-pyrrole nitrogens is 1. The Labute approximate surface area is 163 Å². The summed E-state index contributed by atoms with van der Waals surface area (Å²) in [6.45, 7) is 2.21. The van der Waals surface area contributed by atoms with Crippen molar-refractivity contribution in [2.45, 2.75) is 18.8 Å². The molecular weight excluding hydrogens is 376 g/mol. The van der Waals surface area contributed by atoms with Gasteiger partial charge in [-0.3, -0.25) is 10.1 Å². The first-order valence-electron chi connectivity index (χ1n) is 9.49. The quantitative estimate of drug-likeness (QED) is 0.722. The smallest absolute Gasteiger partial charge is 0.211 e. The Morgan fingerprint density at radius 3 is 2.61 bits per heavy atom. The number of anilines is 1. The van der Waals surface area contributed by atoms with Gasteiger partial charge < -0.3 is 4.90 Å². The van der Waals surface area contributed by atoms with Gasteiger partial charge in [-0.1, -0.05) is 0 Å². The summed E-state index contributed by atoms with van der Waals surface area (Å²) in [5, 5.41) is 8.67. The molecule has 146 valence electrons. The zero-order valence-corrected chi connectivity index (χ0v) is 16.5. The molecule has 0 amide bonds. The molecule has 8 nitrogen and oxygen atoms in total. The topological polar surface area (TPSA) is 95.1 Å². The van der Waals surface area contributed by atoms with E-state index >= 15 is 0 Å². The van der Waals surface area contributed by atoms with E-state index in [9.17, 15) is 8.42 Å². The minimum atomic E-state index is -3.14. The van der Waals surface area contributed by atoms with Crippen LogP contribution < -0.4 is 4.90 Å². The highest BCUT2D eigenvalue weighted by Gasteiger charge is 2.26. The number of nitrogens with one attached hydrogen (secondary N) is 1. The number of hydrogen-bond donors (Lipinski definition) is 1. The van der Waals surface area contributed by atoms with Crippen molar-refractivity contribution < 1.29 is 8.42 Å². The highest BCUT2D eigenvalue weighted by Crippen LogP contribution is 2.40. The molecule has 3 aromatic rings. The molecule has 3 aromatic heterocycles. The number of hydrogen-bond acceptors (Lipinski definition) is 6. The molecule has 0 bridgehead atoms. The number of nitrogens with zero attached hydrogens (tertiary/aromatic N) is 5. The van der Waals surface area contributed by atoms with Crippen LogP contribution in [0.25, 0.3) is 22.2 Å². The molecular formula is C19H22N6O2S. The summed E-state index contributed by atoms with van der Waals surface area (Å²) >= 11 is 0. The second-order valence-corrected chi connectivity index (χ2v) is 9.54. The Morgan fingerprint density at radius 1 is 1.11 bits per heavy atom. The predicted molar refractivity (Wildman–Crippen MR) is 108 cm³/mol. The minimum Gasteiger partial charge on any atom is -0.354 e. The molecule has 0 spiro atoms. The largest absolute Gasteiger partial charge is 0.354 e. The minimum absolute atomic E-state index is 0.479. The lowest BCUT2D eigenvalue weighted by molar-refractivity contribution is 0.387. The molecule has 4 heterocycles. The van der Waals surface area contributed by atoms with Crippen LogP contribution in [0.3, 0.4) is 0 Å². The molecule has 2 aliphatic rings. The van der Waals surface area contributed by atoms with Gasteiger partial charge in [0.25, 0.3) is 0 Å². The average molecular weight is 398 g/mol. The van der Waals surface area contributed by atoms with Gasteiger partial charge in [-0.15, -0.1) is 0 Å². The van der Waals surface area contributed by atoms with Crippen LogP contribution in [0.1, 0.15) is 24.5 Å². The van der Waals surface area contributed by atoms with Crippen molar-refractivity contribution in [2.75, 3.05) is 37.3 Å². The van der Waals surface area contributed by atoms with Crippen LogP contribution in [0.2, 0.25) is 0 Å². The summed E-state index contributed by atoms with van der Waals surface area (Å²) in [4.78, 5) is 11.2. The standard InChI is InChI=1S/C19H22N6O2S/c1-28(26,27)25-8-6-24(7-9-25)18-10-14(4-5-20-18)19-15-11-16(13-2-3-13)21-12-17(15)22-23-19/h4-5,10-13H,2-3,6-9H2,1H3,(H,22,23). The lowest BCUT2D eigenvalue weighted by Gasteiger charge is -2.34. The van der Waals surface area contributed by atoms with E-state index in [-0.39, 0.29) is 0 Å². The normalized spacial score (nSPS) is 18.7. The number of aromatic nitrogens is 4. The van der Waals surface area contributed by atoms with E-state index in [1.165, 1.54) is 23.4 Å². The van der Waals surface area contributed by atoms with E-state index in [2.05, 4.69) is 31.1 Å². The van der Waals surface area contributed by atoms with Crippen LogP contribution >= 0.6 is 0 Å². The van der Waals surface area contributed by atoms with Gasteiger partial charge in [-0.05, 0) is 31.0 Å². The van der Waals surface area contributed by atoms with Crippen LogP contribution in [-0.4, -0.2) is 65.3 Å². The fourth-order valence-electron chi connectivity index (χ4n) is 3.74. The lowest BCUT2D eigenvalue weighted by Crippen LogP contribution is -2.48. The summed E-state index contributed by atoms with van der Waals surface area (Å²) in [6, 6.07) is 6.14. The van der Waals surface area contributed by atoms with Crippen molar-refractivity contribution in [3.05, 3.63) is 36.3 Å². The second kappa shape index (κ2) is 6.52. The van der Waals surface area contributed by atoms with Crippen LogP contribution in [0.4, 0.5) is 5.82 Å². The predicted octanol–water partition coefficient (Wildman–Crippen LogP) is 1.98. The highest BCUT2D eigenvalue weighted by atomic mass is 32.2. The molecule has 1 aliphatic carbocycles. The molecule has 1 N–H and O–H groups in total. The molecule has 5 rings (SSSR count). The lowest BCUT2D eigenvalue weighted by atomic mass is 10.1. The molecule has 9 heteroatoms. The van der Waals surface area contributed by atoms with Gasteiger partial charge in [0.1, 0.15) is 11.5 Å². The fourth-order valence-corrected chi connectivity index (χ4v) is 4.57. The molecule has 0 unspecified atom stereocenters. The summed E-state index contributed by atoms with van der Waals surface area (Å²) in [5.41, 5.74) is 3.97. The fraction of sp³-hybridized carbons (Fsp3) is 0.421. The Morgan fingerprint density at radius 2 is 1.89 bits per heavy atom. The van der Waals surface area contributed by atoms with Crippen molar-refractivity contribution in [3.63, 3.8) is 0 Å². The van der Waals surface area contributed by atoms with Crippen molar-refractivity contribution in [2.24, 2.45) is 0 Å². The Kier molecular flexibility index (Phi) is 4.09. The number of sulfonamides is 1. The van der Waals surface area contributed by atoms with E-state index in [0.717, 1.165) is 33.7 Å². The van der Waals surface area contributed by atoms with E-state index in [1.54, 1.807) is 6.20 Å². The van der Waals surface area contributed by atoms with Gasteiger partial charge in [0, 0.05) is 54.9 Å². The molecule has 0 atom stereocenters. The summed E-state index contributed by atoms with van der Waals surface area (Å²) in [5.74, 6) is 1.43. The monoisotopic (exact) mass is 398 g/mol. The van der Waals surface area contributed by atoms with Crippen molar-refractivity contribution >= 4 is 26.7 Å². The zero-order valence-electron chi connectivity index (χ0n) is 15.7. The van der Waals surface area contributed by atoms with Gasteiger partial charge in [-0.25, -0.2) is 13.4 Å². The van der Waals surface area contributed by atoms with Crippen LogP contribution in [0.5, 0.6) is 0 Å². The van der Waals surface area contributed by atoms with Gasteiger partial charge in [0.05, 0.1) is 18.0 Å². The number of fused-ring (bicyclic) bond motifs is 1. The SMILES string of the molecule is CS(=O)(=O)N1CCN(c2cc(-c3n[nH]c4cnc(C5CC5)cc34)ccn2)CC1. The Hall–Kier alpha value is -2.52. The number of rotatable bonds is 4. The van der Waals surface area contributed by atoms with E-state index in [0.29, 0.717) is 32.1 Å².